The highest BCUT2D eigenvalue weighted by atomic mass is 16.5. The number of aliphatic carboxylic acids is 1. The summed E-state index contributed by atoms with van der Waals surface area (Å²) >= 11 is 0. The zero-order chi connectivity index (χ0) is 11.1. The first-order chi connectivity index (χ1) is 7.03. The van der Waals surface area contributed by atoms with E-state index in [1.54, 1.807) is 4.90 Å². The maximum atomic E-state index is 11.5. The van der Waals surface area contributed by atoms with Crippen LogP contribution in [0.5, 0.6) is 0 Å². The Balaban J connectivity index is 2.09. The number of rotatable bonds is 2. The van der Waals surface area contributed by atoms with Crippen molar-refractivity contribution >= 4 is 11.9 Å². The van der Waals surface area contributed by atoms with E-state index in [4.69, 9.17) is 9.84 Å². The van der Waals surface area contributed by atoms with E-state index >= 15 is 0 Å². The molecule has 1 N–H and O–H groups in total. The molecule has 0 spiro atoms. The van der Waals surface area contributed by atoms with Gasteiger partial charge in [-0.25, -0.2) is 4.79 Å². The van der Waals surface area contributed by atoms with Gasteiger partial charge in [0.05, 0.1) is 6.54 Å². The van der Waals surface area contributed by atoms with E-state index in [0.29, 0.717) is 0 Å². The van der Waals surface area contributed by atoms with Gasteiger partial charge in [0.1, 0.15) is 6.61 Å². The Morgan fingerprint density at radius 3 is 2.73 bits per heavy atom. The summed E-state index contributed by atoms with van der Waals surface area (Å²) in [7, 11) is 0. The molecule has 1 saturated carbocycles. The molecule has 5 nitrogen and oxygen atoms in total. The quantitative estimate of drug-likeness (QED) is 0.713. The van der Waals surface area contributed by atoms with Crippen molar-refractivity contribution in [1.29, 1.82) is 0 Å². The Hall–Kier alpha value is -1.10. The van der Waals surface area contributed by atoms with Crippen molar-refractivity contribution < 1.29 is 19.4 Å². The Morgan fingerprint density at radius 1 is 1.60 bits per heavy atom. The third-order valence-electron chi connectivity index (χ3n) is 3.27. The molecule has 0 bridgehead atoms. The number of ether oxygens (including phenoxy) is 1. The molecule has 2 rings (SSSR count). The molecule has 1 amide bonds. The smallest absolute Gasteiger partial charge is 0.337 e. The molecule has 15 heavy (non-hydrogen) atoms. The van der Waals surface area contributed by atoms with Gasteiger partial charge in [-0.05, 0) is 26.2 Å². The highest BCUT2D eigenvalue weighted by Crippen LogP contribution is 2.29. The molecule has 1 heterocycles. The van der Waals surface area contributed by atoms with Crippen LogP contribution >= 0.6 is 0 Å². The number of carboxylic acids is 1. The largest absolute Gasteiger partial charge is 0.479 e. The van der Waals surface area contributed by atoms with Crippen molar-refractivity contribution in [2.24, 2.45) is 0 Å². The Morgan fingerprint density at radius 2 is 2.27 bits per heavy atom. The molecule has 1 saturated heterocycles. The summed E-state index contributed by atoms with van der Waals surface area (Å²) in [4.78, 5) is 24.2. The molecule has 0 aromatic carbocycles. The van der Waals surface area contributed by atoms with Crippen LogP contribution in [-0.2, 0) is 14.3 Å². The van der Waals surface area contributed by atoms with Crippen LogP contribution in [0.3, 0.4) is 0 Å². The normalized spacial score (nSPS) is 32.6. The van der Waals surface area contributed by atoms with Crippen LogP contribution in [0.15, 0.2) is 0 Å². The molecular formula is C10H15NO4. The second-order valence-electron chi connectivity index (χ2n) is 4.43. The van der Waals surface area contributed by atoms with Gasteiger partial charge in [-0.2, -0.15) is 0 Å². The van der Waals surface area contributed by atoms with E-state index in [-0.39, 0.29) is 25.1 Å². The van der Waals surface area contributed by atoms with Crippen molar-refractivity contribution in [2.75, 3.05) is 13.2 Å². The van der Waals surface area contributed by atoms with Crippen molar-refractivity contribution in [2.45, 2.75) is 37.8 Å². The van der Waals surface area contributed by atoms with Crippen molar-refractivity contribution in [3.8, 4) is 0 Å². The number of nitrogens with zero attached hydrogens (tertiary/aromatic N) is 1. The summed E-state index contributed by atoms with van der Waals surface area (Å²) in [5.74, 6) is -1.09. The summed E-state index contributed by atoms with van der Waals surface area (Å²) in [5.41, 5.74) is -1.23. The summed E-state index contributed by atoms with van der Waals surface area (Å²) < 4.78 is 5.10. The first-order valence-corrected chi connectivity index (χ1v) is 5.20. The SMILES string of the molecule is CC1(C(=O)O)CN(C2CCC2)C(=O)CO1. The molecule has 2 fully saturated rings. The average molecular weight is 213 g/mol. The van der Waals surface area contributed by atoms with Crippen LogP contribution in [0.2, 0.25) is 0 Å². The molecule has 0 aromatic rings. The molecule has 1 aliphatic carbocycles. The summed E-state index contributed by atoms with van der Waals surface area (Å²) in [6, 6.07) is 0.236. The third kappa shape index (κ3) is 1.71. The number of hydrogen-bond acceptors (Lipinski definition) is 3. The number of amides is 1. The van der Waals surface area contributed by atoms with E-state index in [1.807, 2.05) is 0 Å². The lowest BCUT2D eigenvalue weighted by Crippen LogP contribution is -2.60. The van der Waals surface area contributed by atoms with Crippen molar-refractivity contribution in [3.05, 3.63) is 0 Å². The molecule has 1 unspecified atom stereocenters. The van der Waals surface area contributed by atoms with Gasteiger partial charge in [0.15, 0.2) is 5.60 Å². The minimum Gasteiger partial charge on any atom is -0.479 e. The van der Waals surface area contributed by atoms with E-state index < -0.39 is 11.6 Å². The zero-order valence-electron chi connectivity index (χ0n) is 8.73. The highest BCUT2D eigenvalue weighted by molar-refractivity contribution is 5.84. The number of carbonyl (C=O) groups is 2. The van der Waals surface area contributed by atoms with Gasteiger partial charge in [0, 0.05) is 6.04 Å². The lowest BCUT2D eigenvalue weighted by molar-refractivity contribution is -0.185. The molecule has 1 aliphatic heterocycles. The fraction of sp³-hybridized carbons (Fsp3) is 0.800. The van der Waals surface area contributed by atoms with Gasteiger partial charge in [-0.15, -0.1) is 0 Å². The van der Waals surface area contributed by atoms with Crippen molar-refractivity contribution in [3.63, 3.8) is 0 Å². The second-order valence-corrected chi connectivity index (χ2v) is 4.43. The molecule has 84 valence electrons. The second kappa shape index (κ2) is 3.48. The monoisotopic (exact) mass is 213 g/mol. The van der Waals surface area contributed by atoms with Crippen LogP contribution in [-0.4, -0.2) is 46.7 Å². The first-order valence-electron chi connectivity index (χ1n) is 5.20. The standard InChI is InChI=1S/C10H15NO4/c1-10(9(13)14)6-11(7-3-2-4-7)8(12)5-15-10/h7H,2-6H2,1H3,(H,13,14). The maximum absolute atomic E-state index is 11.5. The molecular weight excluding hydrogens is 198 g/mol. The predicted octanol–water partition coefficient (Wildman–Crippen LogP) is 0.241. The van der Waals surface area contributed by atoms with E-state index in [1.165, 1.54) is 6.92 Å². The van der Waals surface area contributed by atoms with Crippen LogP contribution in [0.25, 0.3) is 0 Å². The van der Waals surface area contributed by atoms with Gasteiger partial charge in [0.2, 0.25) is 5.91 Å². The molecule has 1 atom stereocenters. The van der Waals surface area contributed by atoms with Crippen LogP contribution in [0.1, 0.15) is 26.2 Å². The molecule has 2 aliphatic rings. The van der Waals surface area contributed by atoms with Crippen LogP contribution < -0.4 is 0 Å². The summed E-state index contributed by atoms with van der Waals surface area (Å²) in [6.45, 7) is 1.58. The maximum Gasteiger partial charge on any atom is 0.337 e. The van der Waals surface area contributed by atoms with Gasteiger partial charge < -0.3 is 14.7 Å². The Labute approximate surface area is 88.0 Å². The van der Waals surface area contributed by atoms with E-state index in [0.717, 1.165) is 19.3 Å². The highest BCUT2D eigenvalue weighted by Gasteiger charge is 2.45. The van der Waals surface area contributed by atoms with Gasteiger partial charge in [-0.1, -0.05) is 0 Å². The fourth-order valence-corrected chi connectivity index (χ4v) is 1.92. The third-order valence-corrected chi connectivity index (χ3v) is 3.27. The predicted molar refractivity (Wildman–Crippen MR) is 51.3 cm³/mol. The minimum absolute atomic E-state index is 0.0848. The fourth-order valence-electron chi connectivity index (χ4n) is 1.92. The molecule has 0 aromatic heterocycles. The van der Waals surface area contributed by atoms with Crippen LogP contribution in [0.4, 0.5) is 0 Å². The summed E-state index contributed by atoms with van der Waals surface area (Å²) in [6.07, 6.45) is 3.10. The summed E-state index contributed by atoms with van der Waals surface area (Å²) in [5, 5.41) is 9.01. The Kier molecular flexibility index (Phi) is 2.42. The number of carboxylic acid groups (broad SMARTS) is 1. The van der Waals surface area contributed by atoms with Gasteiger partial charge in [-0.3, -0.25) is 4.79 Å². The number of hydrogen-bond donors (Lipinski definition) is 1. The van der Waals surface area contributed by atoms with Crippen LogP contribution in [0, 0.1) is 0 Å². The minimum atomic E-state index is -1.23. The van der Waals surface area contributed by atoms with Crippen molar-refractivity contribution in [1.82, 2.24) is 4.90 Å². The molecule has 0 radical (unpaired) electrons. The van der Waals surface area contributed by atoms with E-state index in [2.05, 4.69) is 0 Å². The average Bonchev–Trinajstić information content (AvgIpc) is 2.08. The zero-order valence-corrected chi connectivity index (χ0v) is 8.73. The Bertz CT molecular complexity index is 300. The van der Waals surface area contributed by atoms with Gasteiger partial charge >= 0.3 is 5.97 Å². The van der Waals surface area contributed by atoms with E-state index in [9.17, 15) is 9.59 Å². The molecule has 5 heteroatoms. The number of carbonyl (C=O) groups excluding carboxylic acids is 1. The number of morpholine rings is 1. The topological polar surface area (TPSA) is 66.8 Å². The lowest BCUT2D eigenvalue weighted by Gasteiger charge is -2.44. The first kappa shape index (κ1) is 10.4. The lowest BCUT2D eigenvalue weighted by atomic mass is 9.89. The van der Waals surface area contributed by atoms with Gasteiger partial charge in [0.25, 0.3) is 0 Å².